The third-order valence-corrected chi connectivity index (χ3v) is 6.06. The van der Waals surface area contributed by atoms with Gasteiger partial charge in [0.25, 0.3) is 5.69 Å². The molecule has 1 aromatic carbocycles. The molecule has 0 heterocycles. The summed E-state index contributed by atoms with van der Waals surface area (Å²) in [5.74, 6) is 0. The highest BCUT2D eigenvalue weighted by atomic mass is 16.6. The van der Waals surface area contributed by atoms with Gasteiger partial charge in [0.05, 0.1) is 4.92 Å². The first kappa shape index (κ1) is 26.6. The average Bonchev–Trinajstić information content (AvgIpc) is 2.75. The second-order valence-corrected chi connectivity index (χ2v) is 8.75. The molecular weight excluding hydrogens is 372 g/mol. The van der Waals surface area contributed by atoms with Crippen LogP contribution in [0, 0.1) is 10.1 Å². The van der Waals surface area contributed by atoms with Crippen LogP contribution in [0.25, 0.3) is 0 Å². The van der Waals surface area contributed by atoms with E-state index in [1.807, 2.05) is 19.2 Å². The molecule has 0 aliphatic rings. The van der Waals surface area contributed by atoms with Crippen LogP contribution in [-0.2, 0) is 6.42 Å². The SMILES string of the molecule is CNCCCCCCCCCCCCCCCCCCCc1ccccc1[N+](=O)[O-]. The molecule has 0 radical (unpaired) electrons. The third kappa shape index (κ3) is 14.5. The predicted molar refractivity (Wildman–Crippen MR) is 129 cm³/mol. The van der Waals surface area contributed by atoms with Crippen molar-refractivity contribution in [3.8, 4) is 0 Å². The maximum absolute atomic E-state index is 11.0. The number of hydrogen-bond acceptors (Lipinski definition) is 3. The van der Waals surface area contributed by atoms with Crippen LogP contribution >= 0.6 is 0 Å². The van der Waals surface area contributed by atoms with Gasteiger partial charge in [-0.1, -0.05) is 115 Å². The molecule has 0 spiro atoms. The van der Waals surface area contributed by atoms with Crippen LogP contribution in [0.2, 0.25) is 0 Å². The minimum atomic E-state index is -0.261. The van der Waals surface area contributed by atoms with Crippen LogP contribution in [0.3, 0.4) is 0 Å². The monoisotopic (exact) mass is 418 g/mol. The predicted octanol–water partition coefficient (Wildman–Crippen LogP) is 7.99. The van der Waals surface area contributed by atoms with Gasteiger partial charge in [-0.15, -0.1) is 0 Å². The number of nitrogens with zero attached hydrogens (tertiary/aromatic N) is 1. The van der Waals surface area contributed by atoms with Crippen LogP contribution in [-0.4, -0.2) is 18.5 Å². The third-order valence-electron chi connectivity index (χ3n) is 6.06. The molecule has 0 aliphatic heterocycles. The molecule has 1 rings (SSSR count). The fourth-order valence-corrected chi connectivity index (χ4v) is 4.17. The van der Waals surface area contributed by atoms with E-state index in [2.05, 4.69) is 5.32 Å². The van der Waals surface area contributed by atoms with Crippen molar-refractivity contribution in [2.24, 2.45) is 0 Å². The second-order valence-electron chi connectivity index (χ2n) is 8.75. The van der Waals surface area contributed by atoms with E-state index >= 15 is 0 Å². The highest BCUT2D eigenvalue weighted by Gasteiger charge is 2.11. The van der Waals surface area contributed by atoms with Crippen molar-refractivity contribution in [3.63, 3.8) is 0 Å². The topological polar surface area (TPSA) is 55.2 Å². The Kier molecular flexibility index (Phi) is 17.3. The zero-order valence-electron chi connectivity index (χ0n) is 19.5. The number of aryl methyl sites for hydroxylation is 1. The number of nitro groups is 1. The minimum absolute atomic E-state index is 0.261. The fraction of sp³-hybridized carbons (Fsp3) is 0.769. The van der Waals surface area contributed by atoms with E-state index in [9.17, 15) is 10.1 Å². The summed E-state index contributed by atoms with van der Waals surface area (Å²) in [6.45, 7) is 1.17. The van der Waals surface area contributed by atoms with E-state index in [1.165, 1.54) is 109 Å². The standard InChI is InChI=1S/C26H46N2O2/c1-27-24-20-16-14-12-10-8-6-4-2-3-5-7-9-11-13-15-17-21-25-22-18-19-23-26(25)28(29)30/h18-19,22-23,27H,2-17,20-21,24H2,1H3. The number of hydrogen-bond donors (Lipinski definition) is 1. The molecule has 172 valence electrons. The zero-order valence-corrected chi connectivity index (χ0v) is 19.5. The first-order valence-electron chi connectivity index (χ1n) is 12.6. The highest BCUT2D eigenvalue weighted by Crippen LogP contribution is 2.20. The molecule has 0 aromatic heterocycles. The number of benzene rings is 1. The molecule has 1 aromatic rings. The summed E-state index contributed by atoms with van der Waals surface area (Å²) >= 11 is 0. The maximum Gasteiger partial charge on any atom is 0.272 e. The van der Waals surface area contributed by atoms with Gasteiger partial charge in [-0.2, -0.15) is 0 Å². The lowest BCUT2D eigenvalue weighted by atomic mass is 10.0. The first-order chi connectivity index (χ1) is 14.8. The Labute approximate surface area is 185 Å². The van der Waals surface area contributed by atoms with Gasteiger partial charge in [0.2, 0.25) is 0 Å². The van der Waals surface area contributed by atoms with Gasteiger partial charge in [0.1, 0.15) is 0 Å². The smallest absolute Gasteiger partial charge is 0.272 e. The molecule has 0 fully saturated rings. The molecule has 1 N–H and O–H groups in total. The summed E-state index contributed by atoms with van der Waals surface area (Å²) in [5.41, 5.74) is 1.16. The average molecular weight is 419 g/mol. The fourth-order valence-electron chi connectivity index (χ4n) is 4.17. The summed E-state index contributed by atoms with van der Waals surface area (Å²) in [6, 6.07) is 7.15. The lowest BCUT2D eigenvalue weighted by Gasteiger charge is -2.04. The summed E-state index contributed by atoms with van der Waals surface area (Å²) in [6.07, 6.45) is 23.8. The lowest BCUT2D eigenvalue weighted by molar-refractivity contribution is -0.385. The zero-order chi connectivity index (χ0) is 21.7. The Balaban J connectivity index is 1.80. The highest BCUT2D eigenvalue weighted by molar-refractivity contribution is 5.39. The van der Waals surface area contributed by atoms with Crippen molar-refractivity contribution < 1.29 is 4.92 Å². The Morgan fingerprint density at radius 1 is 0.667 bits per heavy atom. The number of rotatable bonds is 21. The summed E-state index contributed by atoms with van der Waals surface area (Å²) in [7, 11) is 2.03. The van der Waals surface area contributed by atoms with Gasteiger partial charge >= 0.3 is 0 Å². The van der Waals surface area contributed by atoms with E-state index in [0.717, 1.165) is 18.4 Å². The number of unbranched alkanes of at least 4 members (excludes halogenated alkanes) is 16. The van der Waals surface area contributed by atoms with Gasteiger partial charge < -0.3 is 5.32 Å². The first-order valence-corrected chi connectivity index (χ1v) is 12.6. The van der Waals surface area contributed by atoms with Crippen molar-refractivity contribution in [1.29, 1.82) is 0 Å². The normalized spacial score (nSPS) is 11.1. The van der Waals surface area contributed by atoms with Crippen LogP contribution in [0.4, 0.5) is 5.69 Å². The van der Waals surface area contributed by atoms with E-state index in [4.69, 9.17) is 0 Å². The summed E-state index contributed by atoms with van der Waals surface area (Å²) in [5, 5.41) is 14.2. The van der Waals surface area contributed by atoms with E-state index in [-0.39, 0.29) is 10.6 Å². The van der Waals surface area contributed by atoms with Crippen LogP contribution in [0.15, 0.2) is 24.3 Å². The van der Waals surface area contributed by atoms with E-state index < -0.39 is 0 Å². The van der Waals surface area contributed by atoms with E-state index in [1.54, 1.807) is 12.1 Å². The van der Waals surface area contributed by atoms with Gasteiger partial charge in [0, 0.05) is 11.6 Å². The Bertz CT molecular complexity index is 534. The molecule has 30 heavy (non-hydrogen) atoms. The van der Waals surface area contributed by atoms with Gasteiger partial charge in [-0.05, 0) is 32.9 Å². The van der Waals surface area contributed by atoms with Crippen molar-refractivity contribution in [2.45, 2.75) is 116 Å². The molecule has 4 heteroatoms. The Morgan fingerprint density at radius 2 is 1.07 bits per heavy atom. The van der Waals surface area contributed by atoms with Gasteiger partial charge in [-0.3, -0.25) is 10.1 Å². The number of nitro benzene ring substituents is 1. The number of nitrogens with one attached hydrogen (secondary N) is 1. The lowest BCUT2D eigenvalue weighted by Crippen LogP contribution is -2.06. The van der Waals surface area contributed by atoms with Crippen molar-refractivity contribution in [3.05, 3.63) is 39.9 Å². The second kappa shape index (κ2) is 19.5. The van der Waals surface area contributed by atoms with Crippen molar-refractivity contribution in [1.82, 2.24) is 5.32 Å². The molecule has 0 atom stereocenters. The molecule has 0 amide bonds. The maximum atomic E-state index is 11.0. The molecule has 0 saturated heterocycles. The van der Waals surface area contributed by atoms with Crippen LogP contribution in [0.5, 0.6) is 0 Å². The Morgan fingerprint density at radius 3 is 1.50 bits per heavy atom. The van der Waals surface area contributed by atoms with E-state index in [0.29, 0.717) is 0 Å². The minimum Gasteiger partial charge on any atom is -0.320 e. The van der Waals surface area contributed by atoms with Crippen molar-refractivity contribution >= 4 is 5.69 Å². The molecule has 0 saturated carbocycles. The quantitative estimate of drug-likeness (QED) is 0.125. The van der Waals surface area contributed by atoms with Gasteiger partial charge in [-0.25, -0.2) is 0 Å². The largest absolute Gasteiger partial charge is 0.320 e. The Hall–Kier alpha value is -1.42. The molecule has 0 unspecified atom stereocenters. The molecule has 0 aliphatic carbocycles. The number of para-hydroxylation sites is 1. The molecule has 4 nitrogen and oxygen atoms in total. The summed E-state index contributed by atoms with van der Waals surface area (Å²) in [4.78, 5) is 10.8. The van der Waals surface area contributed by atoms with Crippen LogP contribution < -0.4 is 5.32 Å². The van der Waals surface area contributed by atoms with Crippen LogP contribution in [0.1, 0.15) is 115 Å². The van der Waals surface area contributed by atoms with Crippen molar-refractivity contribution in [2.75, 3.05) is 13.6 Å². The molecule has 0 bridgehead atoms. The van der Waals surface area contributed by atoms with Gasteiger partial charge in [0.15, 0.2) is 0 Å². The molecular formula is C26H46N2O2. The summed E-state index contributed by atoms with van der Waals surface area (Å²) < 4.78 is 0.